The molecule has 7 heteroatoms. The Bertz CT molecular complexity index is 907. The third-order valence-corrected chi connectivity index (χ3v) is 5.77. The van der Waals surface area contributed by atoms with Crippen LogP contribution in [0, 0.1) is 20.8 Å². The van der Waals surface area contributed by atoms with Crippen LogP contribution in [0.15, 0.2) is 32.6 Å². The maximum atomic E-state index is 6.18. The van der Waals surface area contributed by atoms with Crippen LogP contribution >= 0.6 is 35.0 Å². The summed E-state index contributed by atoms with van der Waals surface area (Å²) in [5.41, 5.74) is 4.21. The first-order valence-electron chi connectivity index (χ1n) is 8.40. The van der Waals surface area contributed by atoms with Crippen LogP contribution in [0.25, 0.3) is 0 Å². The standard InChI is InChI=1S/C19H21Cl2N3OS/c1-10(2)24-19(26-16-7-14(20)6-15(21)8-16)18(11(3)22-24)9-17-12(4)23-25-13(17)5/h6-8,10H,9H2,1-5H3. The molecule has 3 aromatic rings. The highest BCUT2D eigenvalue weighted by Gasteiger charge is 2.21. The number of hydrogen-bond donors (Lipinski definition) is 0. The number of benzene rings is 1. The molecule has 0 atom stereocenters. The average molecular weight is 410 g/mol. The summed E-state index contributed by atoms with van der Waals surface area (Å²) in [5.74, 6) is 0.848. The van der Waals surface area contributed by atoms with Gasteiger partial charge in [-0.2, -0.15) is 5.10 Å². The third kappa shape index (κ3) is 3.95. The SMILES string of the molecule is Cc1noc(C)c1Cc1c(C)nn(C(C)C)c1Sc1cc(Cl)cc(Cl)c1. The van der Waals surface area contributed by atoms with Gasteiger partial charge in [-0.05, 0) is 52.8 Å². The zero-order valence-corrected chi connectivity index (χ0v) is 17.8. The van der Waals surface area contributed by atoms with E-state index >= 15 is 0 Å². The van der Waals surface area contributed by atoms with E-state index in [1.807, 2.05) is 32.9 Å². The minimum atomic E-state index is 0.240. The van der Waals surface area contributed by atoms with Crippen LogP contribution in [0.2, 0.25) is 10.0 Å². The van der Waals surface area contributed by atoms with Gasteiger partial charge in [-0.15, -0.1) is 0 Å². The molecule has 0 bridgehead atoms. The van der Waals surface area contributed by atoms with Gasteiger partial charge in [-0.1, -0.05) is 40.1 Å². The number of nitrogens with zero attached hydrogens (tertiary/aromatic N) is 3. The van der Waals surface area contributed by atoms with Crippen LogP contribution in [0.5, 0.6) is 0 Å². The lowest BCUT2D eigenvalue weighted by Gasteiger charge is -2.13. The third-order valence-electron chi connectivity index (χ3n) is 4.24. The van der Waals surface area contributed by atoms with E-state index in [0.29, 0.717) is 10.0 Å². The highest BCUT2D eigenvalue weighted by Crippen LogP contribution is 2.37. The Hall–Kier alpha value is -1.43. The van der Waals surface area contributed by atoms with Crippen LogP contribution in [0.3, 0.4) is 0 Å². The summed E-state index contributed by atoms with van der Waals surface area (Å²) in [6, 6.07) is 5.82. The van der Waals surface area contributed by atoms with E-state index in [9.17, 15) is 0 Å². The van der Waals surface area contributed by atoms with E-state index in [2.05, 4.69) is 23.7 Å². The smallest absolute Gasteiger partial charge is 0.137 e. The molecule has 0 saturated carbocycles. The van der Waals surface area contributed by atoms with Gasteiger partial charge in [-0.3, -0.25) is 4.68 Å². The summed E-state index contributed by atoms with van der Waals surface area (Å²) >= 11 is 14.0. The second kappa shape index (κ2) is 7.67. The number of halogens is 2. The second-order valence-corrected chi connectivity index (χ2v) is 8.53. The molecule has 0 fully saturated rings. The molecule has 0 spiro atoms. The van der Waals surface area contributed by atoms with Crippen LogP contribution < -0.4 is 0 Å². The summed E-state index contributed by atoms with van der Waals surface area (Å²) in [6.45, 7) is 10.2. The molecular formula is C19H21Cl2N3OS. The lowest BCUT2D eigenvalue weighted by Crippen LogP contribution is -2.05. The van der Waals surface area contributed by atoms with Gasteiger partial charge in [0.25, 0.3) is 0 Å². The predicted octanol–water partition coefficient (Wildman–Crippen LogP) is 6.43. The molecule has 0 aliphatic carbocycles. The number of rotatable bonds is 5. The average Bonchev–Trinajstić information content (AvgIpc) is 3.02. The fourth-order valence-electron chi connectivity index (χ4n) is 2.85. The summed E-state index contributed by atoms with van der Waals surface area (Å²) in [5, 5.41) is 11.2. The lowest BCUT2D eigenvalue weighted by atomic mass is 10.0. The Balaban J connectivity index is 2.07. The Kier molecular flexibility index (Phi) is 5.70. The zero-order chi connectivity index (χ0) is 19.0. The Morgan fingerprint density at radius 1 is 1.04 bits per heavy atom. The van der Waals surface area contributed by atoms with Gasteiger partial charge >= 0.3 is 0 Å². The summed E-state index contributed by atoms with van der Waals surface area (Å²) in [4.78, 5) is 0.990. The Morgan fingerprint density at radius 3 is 2.23 bits per heavy atom. The molecule has 4 nitrogen and oxygen atoms in total. The molecule has 26 heavy (non-hydrogen) atoms. The molecular weight excluding hydrogens is 389 g/mol. The van der Waals surface area contributed by atoms with E-state index in [-0.39, 0.29) is 6.04 Å². The fraction of sp³-hybridized carbons (Fsp3) is 0.368. The summed E-state index contributed by atoms with van der Waals surface area (Å²) in [7, 11) is 0. The molecule has 0 saturated heterocycles. The minimum absolute atomic E-state index is 0.240. The molecule has 0 aliphatic rings. The van der Waals surface area contributed by atoms with Gasteiger partial charge in [0.05, 0.1) is 11.4 Å². The lowest BCUT2D eigenvalue weighted by molar-refractivity contribution is 0.392. The number of hydrogen-bond acceptors (Lipinski definition) is 4. The van der Waals surface area contributed by atoms with E-state index < -0.39 is 0 Å². The van der Waals surface area contributed by atoms with E-state index in [4.69, 9.17) is 32.8 Å². The van der Waals surface area contributed by atoms with Crippen molar-refractivity contribution in [2.75, 3.05) is 0 Å². The number of aromatic nitrogens is 3. The van der Waals surface area contributed by atoms with Crippen molar-refractivity contribution in [3.8, 4) is 0 Å². The maximum absolute atomic E-state index is 6.18. The van der Waals surface area contributed by atoms with E-state index in [0.717, 1.165) is 39.1 Å². The highest BCUT2D eigenvalue weighted by atomic mass is 35.5. The largest absolute Gasteiger partial charge is 0.361 e. The normalized spacial score (nSPS) is 11.5. The van der Waals surface area contributed by atoms with Crippen LogP contribution in [0.4, 0.5) is 0 Å². The van der Waals surface area contributed by atoms with Crippen molar-refractivity contribution < 1.29 is 4.52 Å². The molecule has 0 radical (unpaired) electrons. The molecule has 1 aromatic carbocycles. The molecule has 0 N–H and O–H groups in total. The topological polar surface area (TPSA) is 43.9 Å². The van der Waals surface area contributed by atoms with Crippen molar-refractivity contribution >= 4 is 35.0 Å². The van der Waals surface area contributed by atoms with Gasteiger partial charge < -0.3 is 4.52 Å². The minimum Gasteiger partial charge on any atom is -0.361 e. The van der Waals surface area contributed by atoms with Crippen LogP contribution in [0.1, 0.15) is 48.2 Å². The van der Waals surface area contributed by atoms with Crippen molar-refractivity contribution in [3.05, 3.63) is 56.5 Å². The molecule has 0 unspecified atom stereocenters. The molecule has 0 amide bonds. The fourth-order valence-corrected chi connectivity index (χ4v) is 4.79. The van der Waals surface area contributed by atoms with Gasteiger partial charge in [0, 0.05) is 38.5 Å². The maximum Gasteiger partial charge on any atom is 0.137 e. The number of aryl methyl sites for hydroxylation is 3. The molecule has 2 aromatic heterocycles. The first-order valence-corrected chi connectivity index (χ1v) is 9.97. The highest BCUT2D eigenvalue weighted by molar-refractivity contribution is 7.99. The first kappa shape index (κ1) is 19.3. The molecule has 3 rings (SSSR count). The zero-order valence-electron chi connectivity index (χ0n) is 15.4. The molecule has 2 heterocycles. The van der Waals surface area contributed by atoms with Crippen LogP contribution in [-0.2, 0) is 6.42 Å². The van der Waals surface area contributed by atoms with Crippen molar-refractivity contribution in [2.24, 2.45) is 0 Å². The Labute approximate surface area is 167 Å². The Morgan fingerprint density at radius 2 is 1.69 bits per heavy atom. The van der Waals surface area contributed by atoms with Gasteiger partial charge in [0.15, 0.2) is 0 Å². The van der Waals surface area contributed by atoms with Gasteiger partial charge in [0.1, 0.15) is 10.8 Å². The molecule has 0 aliphatic heterocycles. The predicted molar refractivity (Wildman–Crippen MR) is 107 cm³/mol. The first-order chi connectivity index (χ1) is 12.3. The van der Waals surface area contributed by atoms with Crippen molar-refractivity contribution in [3.63, 3.8) is 0 Å². The van der Waals surface area contributed by atoms with Crippen molar-refractivity contribution in [1.82, 2.24) is 14.9 Å². The van der Waals surface area contributed by atoms with E-state index in [1.54, 1.807) is 17.8 Å². The monoisotopic (exact) mass is 409 g/mol. The summed E-state index contributed by atoms with van der Waals surface area (Å²) < 4.78 is 7.39. The van der Waals surface area contributed by atoms with Gasteiger partial charge in [-0.25, -0.2) is 0 Å². The van der Waals surface area contributed by atoms with Crippen LogP contribution in [-0.4, -0.2) is 14.9 Å². The van der Waals surface area contributed by atoms with Gasteiger partial charge in [0.2, 0.25) is 0 Å². The summed E-state index contributed by atoms with van der Waals surface area (Å²) in [6.07, 6.45) is 0.732. The quantitative estimate of drug-likeness (QED) is 0.486. The second-order valence-electron chi connectivity index (χ2n) is 6.59. The molecule has 138 valence electrons. The van der Waals surface area contributed by atoms with Crippen molar-refractivity contribution in [2.45, 2.75) is 57.0 Å². The van der Waals surface area contributed by atoms with E-state index in [1.165, 1.54) is 5.56 Å². The van der Waals surface area contributed by atoms with Crippen molar-refractivity contribution in [1.29, 1.82) is 0 Å².